The molecule has 23 heavy (non-hydrogen) atoms. The van der Waals surface area contributed by atoms with E-state index in [0.29, 0.717) is 11.7 Å². The highest BCUT2D eigenvalue weighted by atomic mass is 35.5. The molecule has 1 saturated heterocycles. The van der Waals surface area contributed by atoms with E-state index < -0.39 is 0 Å². The van der Waals surface area contributed by atoms with Crippen LogP contribution in [0.1, 0.15) is 12.8 Å². The average Bonchev–Trinajstić information content (AvgIpc) is 3.02. The van der Waals surface area contributed by atoms with E-state index in [4.69, 9.17) is 11.6 Å². The Balaban J connectivity index is 1.81. The molecule has 1 aliphatic rings. The molecule has 7 heteroatoms. The van der Waals surface area contributed by atoms with Gasteiger partial charge in [0.2, 0.25) is 0 Å². The van der Waals surface area contributed by atoms with Gasteiger partial charge in [-0.05, 0) is 31.0 Å². The minimum Gasteiger partial charge on any atom is -0.391 e. The second kappa shape index (κ2) is 5.79. The van der Waals surface area contributed by atoms with Crippen molar-refractivity contribution in [3.8, 4) is 11.1 Å². The van der Waals surface area contributed by atoms with Crippen molar-refractivity contribution in [1.29, 1.82) is 0 Å². The Hall–Kier alpha value is -2.18. The van der Waals surface area contributed by atoms with Gasteiger partial charge in [-0.1, -0.05) is 11.6 Å². The third-order valence-electron chi connectivity index (χ3n) is 4.19. The van der Waals surface area contributed by atoms with Crippen molar-refractivity contribution in [2.45, 2.75) is 18.9 Å². The molecule has 118 valence electrons. The topological polar surface area (TPSA) is 66.5 Å². The number of fused-ring (bicyclic) bond motifs is 1. The zero-order valence-corrected chi connectivity index (χ0v) is 13.2. The molecule has 4 heterocycles. The van der Waals surface area contributed by atoms with Crippen LogP contribution in [-0.4, -0.2) is 43.9 Å². The van der Waals surface area contributed by atoms with Gasteiger partial charge >= 0.3 is 0 Å². The third kappa shape index (κ3) is 2.75. The van der Waals surface area contributed by atoms with Gasteiger partial charge < -0.3 is 10.0 Å². The van der Waals surface area contributed by atoms with E-state index in [9.17, 15) is 5.11 Å². The summed E-state index contributed by atoms with van der Waals surface area (Å²) < 4.78 is 1.87. The SMILES string of the molecule is O[C@H]1CCCN(c2cc(Cl)ncc2-c2ccc3nncn3c2)C1. The van der Waals surface area contributed by atoms with Crippen molar-refractivity contribution >= 4 is 22.9 Å². The van der Waals surface area contributed by atoms with Crippen molar-refractivity contribution < 1.29 is 5.11 Å². The van der Waals surface area contributed by atoms with Gasteiger partial charge in [0.1, 0.15) is 11.5 Å². The maximum Gasteiger partial charge on any atom is 0.160 e. The van der Waals surface area contributed by atoms with Crippen LogP contribution >= 0.6 is 11.6 Å². The summed E-state index contributed by atoms with van der Waals surface area (Å²) in [7, 11) is 0. The standard InChI is InChI=1S/C16H16ClN5O/c17-15-6-14(21-5-1-2-12(23)9-21)13(7-18-15)11-3-4-16-20-19-10-22(16)8-11/h3-4,6-8,10,12,23H,1-2,5,9H2/t12-/m0/s1. The number of hydrogen-bond acceptors (Lipinski definition) is 5. The van der Waals surface area contributed by atoms with Gasteiger partial charge in [-0.3, -0.25) is 4.40 Å². The van der Waals surface area contributed by atoms with Crippen LogP contribution in [0.5, 0.6) is 0 Å². The van der Waals surface area contributed by atoms with E-state index in [0.717, 1.165) is 41.8 Å². The Morgan fingerprint density at radius 1 is 1.30 bits per heavy atom. The van der Waals surface area contributed by atoms with Crippen LogP contribution in [0.25, 0.3) is 16.8 Å². The number of rotatable bonds is 2. The Kier molecular flexibility index (Phi) is 3.63. The summed E-state index contributed by atoms with van der Waals surface area (Å²) in [5, 5.41) is 18.4. The average molecular weight is 330 g/mol. The van der Waals surface area contributed by atoms with Gasteiger partial charge in [0, 0.05) is 42.3 Å². The summed E-state index contributed by atoms with van der Waals surface area (Å²) in [4.78, 5) is 6.41. The maximum atomic E-state index is 9.97. The minimum absolute atomic E-state index is 0.302. The molecule has 1 aliphatic heterocycles. The van der Waals surface area contributed by atoms with E-state index >= 15 is 0 Å². The number of nitrogens with zero attached hydrogens (tertiary/aromatic N) is 5. The van der Waals surface area contributed by atoms with Gasteiger partial charge in [0.05, 0.1) is 6.10 Å². The molecule has 0 radical (unpaired) electrons. The monoisotopic (exact) mass is 329 g/mol. The van der Waals surface area contributed by atoms with E-state index in [1.54, 1.807) is 12.5 Å². The quantitative estimate of drug-likeness (QED) is 0.731. The fraction of sp³-hybridized carbons (Fsp3) is 0.312. The summed E-state index contributed by atoms with van der Waals surface area (Å²) in [5.41, 5.74) is 3.79. The van der Waals surface area contributed by atoms with Crippen molar-refractivity contribution in [3.05, 3.63) is 42.1 Å². The zero-order valence-electron chi connectivity index (χ0n) is 12.4. The lowest BCUT2D eigenvalue weighted by molar-refractivity contribution is 0.154. The molecule has 0 unspecified atom stereocenters. The predicted octanol–water partition coefficient (Wildman–Crippen LogP) is 2.41. The van der Waals surface area contributed by atoms with Gasteiger partial charge in [-0.25, -0.2) is 4.98 Å². The summed E-state index contributed by atoms with van der Waals surface area (Å²) in [5.74, 6) is 0. The lowest BCUT2D eigenvalue weighted by Gasteiger charge is -2.33. The van der Waals surface area contributed by atoms with Crippen LogP contribution in [-0.2, 0) is 0 Å². The fourth-order valence-electron chi connectivity index (χ4n) is 3.06. The predicted molar refractivity (Wildman–Crippen MR) is 88.7 cm³/mol. The van der Waals surface area contributed by atoms with Gasteiger partial charge in [0.25, 0.3) is 0 Å². The first kappa shape index (κ1) is 14.4. The summed E-state index contributed by atoms with van der Waals surface area (Å²) >= 11 is 6.11. The highest BCUT2D eigenvalue weighted by Gasteiger charge is 2.21. The van der Waals surface area contributed by atoms with Crippen LogP contribution in [0.15, 0.2) is 36.9 Å². The van der Waals surface area contributed by atoms with Gasteiger partial charge in [-0.15, -0.1) is 10.2 Å². The molecular formula is C16H16ClN5O. The molecule has 0 spiro atoms. The lowest BCUT2D eigenvalue weighted by Crippen LogP contribution is -2.38. The van der Waals surface area contributed by atoms with Crippen LogP contribution in [0.4, 0.5) is 5.69 Å². The molecule has 6 nitrogen and oxygen atoms in total. The third-order valence-corrected chi connectivity index (χ3v) is 4.39. The van der Waals surface area contributed by atoms with E-state index in [1.165, 1.54) is 0 Å². The Labute approximate surface area is 138 Å². The van der Waals surface area contributed by atoms with E-state index in [1.807, 2.05) is 28.8 Å². The number of hydrogen-bond donors (Lipinski definition) is 1. The second-order valence-corrected chi connectivity index (χ2v) is 6.17. The molecule has 1 atom stereocenters. The number of aliphatic hydroxyl groups excluding tert-OH is 1. The number of aliphatic hydroxyl groups is 1. The van der Waals surface area contributed by atoms with Gasteiger partial charge in [0.15, 0.2) is 5.65 Å². The number of piperidine rings is 1. The van der Waals surface area contributed by atoms with Gasteiger partial charge in [-0.2, -0.15) is 0 Å². The van der Waals surface area contributed by atoms with Crippen LogP contribution in [0.2, 0.25) is 5.15 Å². The molecule has 4 rings (SSSR count). The first-order chi connectivity index (χ1) is 11.2. The van der Waals surface area contributed by atoms with Crippen LogP contribution < -0.4 is 4.90 Å². The molecular weight excluding hydrogens is 314 g/mol. The summed E-state index contributed by atoms with van der Waals surface area (Å²) in [6, 6.07) is 5.79. The second-order valence-electron chi connectivity index (χ2n) is 5.78. The largest absolute Gasteiger partial charge is 0.391 e. The lowest BCUT2D eigenvalue weighted by atomic mass is 10.0. The highest BCUT2D eigenvalue weighted by Crippen LogP contribution is 2.33. The minimum atomic E-state index is -0.302. The van der Waals surface area contributed by atoms with E-state index in [2.05, 4.69) is 20.1 Å². The molecule has 3 aromatic rings. The van der Waals surface area contributed by atoms with Crippen LogP contribution in [0, 0.1) is 0 Å². The number of pyridine rings is 2. The molecule has 1 N–H and O–H groups in total. The molecule has 0 saturated carbocycles. The van der Waals surface area contributed by atoms with Crippen molar-refractivity contribution in [1.82, 2.24) is 19.6 Å². The van der Waals surface area contributed by atoms with Crippen molar-refractivity contribution in [3.63, 3.8) is 0 Å². The van der Waals surface area contributed by atoms with Crippen LogP contribution in [0.3, 0.4) is 0 Å². The molecule has 3 aromatic heterocycles. The molecule has 0 amide bonds. The van der Waals surface area contributed by atoms with E-state index in [-0.39, 0.29) is 6.10 Å². The highest BCUT2D eigenvalue weighted by molar-refractivity contribution is 6.29. The fourth-order valence-corrected chi connectivity index (χ4v) is 3.22. The summed E-state index contributed by atoms with van der Waals surface area (Å²) in [6.45, 7) is 1.52. The first-order valence-electron chi connectivity index (χ1n) is 7.59. The number of anilines is 1. The van der Waals surface area contributed by atoms with Crippen molar-refractivity contribution in [2.75, 3.05) is 18.0 Å². The van der Waals surface area contributed by atoms with Crippen molar-refractivity contribution in [2.24, 2.45) is 0 Å². The molecule has 0 bridgehead atoms. The molecule has 1 fully saturated rings. The maximum absolute atomic E-state index is 9.97. The number of halogens is 1. The summed E-state index contributed by atoms with van der Waals surface area (Å²) in [6.07, 6.45) is 6.94. The first-order valence-corrected chi connectivity index (χ1v) is 7.97. The Morgan fingerprint density at radius 2 is 2.22 bits per heavy atom. The smallest absolute Gasteiger partial charge is 0.160 e. The number of aromatic nitrogens is 4. The Bertz CT molecular complexity index is 849. The molecule has 0 aliphatic carbocycles. The number of β-amino-alcohol motifs (C(OH)–C–C–N with tert-alkyl or cyclic N) is 1. The normalized spacial score (nSPS) is 18.5. The molecule has 0 aromatic carbocycles. The Morgan fingerprint density at radius 3 is 3.09 bits per heavy atom. The zero-order chi connectivity index (χ0) is 15.8.